The molecule has 0 aliphatic rings. The number of furan rings is 1. The van der Waals surface area contributed by atoms with Gasteiger partial charge in [-0.15, -0.1) is 0 Å². The first-order valence-electron chi connectivity index (χ1n) is 20.6. The van der Waals surface area contributed by atoms with E-state index in [0.717, 1.165) is 71.7 Å². The summed E-state index contributed by atoms with van der Waals surface area (Å²) < 4.78 is 7.04. The molecular weight excluding hydrogens is 743 g/mol. The van der Waals surface area contributed by atoms with Crippen molar-refractivity contribution in [3.05, 3.63) is 212 Å². The first-order chi connectivity index (χ1) is 30.2. The quantitative estimate of drug-likeness (QED) is 0.158. The van der Waals surface area contributed by atoms with Gasteiger partial charge in [-0.05, 0) is 96.7 Å². The Kier molecular flexibility index (Phi) is 8.13. The fraction of sp³-hybridized carbons (Fsp3) is 0. The molecule has 0 atom stereocenters. The van der Waals surface area contributed by atoms with E-state index in [1.54, 1.807) is 0 Å². The van der Waals surface area contributed by atoms with Crippen LogP contribution in [0.5, 0.6) is 0 Å². The predicted octanol–water partition coefficient (Wildman–Crippen LogP) is 15.2. The van der Waals surface area contributed by atoms with Gasteiger partial charge in [-0.3, -0.25) is 0 Å². The van der Waals surface area contributed by atoms with Crippen LogP contribution in [0.2, 0.25) is 0 Å². The summed E-state index contributed by atoms with van der Waals surface area (Å²) in [5.41, 5.74) is 11.0. The lowest BCUT2D eigenvalue weighted by Crippen LogP contribution is -2.00. The van der Waals surface area contributed by atoms with Crippen molar-refractivity contribution in [2.24, 2.45) is 0 Å². The van der Waals surface area contributed by atoms with Gasteiger partial charge in [0.2, 0.25) is 0 Å². The minimum Gasteiger partial charge on any atom is -0.455 e. The van der Waals surface area contributed by atoms with Gasteiger partial charge in [0.15, 0.2) is 17.5 Å². The van der Waals surface area contributed by atoms with Crippen molar-refractivity contribution in [1.29, 1.82) is 0 Å². The molecule has 0 radical (unpaired) electrons. The van der Waals surface area contributed by atoms with Gasteiger partial charge in [0.25, 0.3) is 0 Å². The molecule has 0 amide bonds. The van der Waals surface area contributed by atoms with Crippen LogP contribution >= 0.6 is 0 Å². The molecule has 12 aromatic rings. The second-order valence-electron chi connectivity index (χ2n) is 15.5. The van der Waals surface area contributed by atoms with Crippen molar-refractivity contribution in [3.8, 4) is 67.5 Å². The average molecular weight is 778 g/mol. The minimum absolute atomic E-state index is 0.546. The first-order valence-corrected chi connectivity index (χ1v) is 20.6. The predicted molar refractivity (Wildman–Crippen MR) is 252 cm³/mol. The summed E-state index contributed by atoms with van der Waals surface area (Å²) in [5.74, 6) is 1.73. The Morgan fingerprint density at radius 3 is 1.38 bits per heavy atom. The van der Waals surface area contributed by atoms with Crippen LogP contribution in [0.1, 0.15) is 0 Å². The summed E-state index contributed by atoms with van der Waals surface area (Å²) in [7, 11) is 0. The van der Waals surface area contributed by atoms with Crippen molar-refractivity contribution in [2.75, 3.05) is 0 Å². The van der Waals surface area contributed by atoms with E-state index in [1.165, 1.54) is 32.7 Å². The number of nitrogens with zero attached hydrogens (tertiary/aromatic N) is 3. The lowest BCUT2D eigenvalue weighted by Gasteiger charge is -2.14. The molecule has 0 N–H and O–H groups in total. The van der Waals surface area contributed by atoms with Crippen molar-refractivity contribution >= 4 is 54.3 Å². The zero-order valence-corrected chi connectivity index (χ0v) is 33.0. The van der Waals surface area contributed by atoms with Crippen LogP contribution in [0.15, 0.2) is 217 Å². The number of rotatable bonds is 6. The molecule has 0 bridgehead atoms. The van der Waals surface area contributed by atoms with Gasteiger partial charge in [0.05, 0.1) is 5.56 Å². The van der Waals surface area contributed by atoms with E-state index in [2.05, 4.69) is 170 Å². The maximum Gasteiger partial charge on any atom is 0.167 e. The van der Waals surface area contributed by atoms with Gasteiger partial charge in [-0.2, -0.15) is 0 Å². The number of hydrogen-bond acceptors (Lipinski definition) is 4. The molecule has 284 valence electrons. The van der Waals surface area contributed by atoms with Gasteiger partial charge < -0.3 is 4.42 Å². The highest BCUT2D eigenvalue weighted by Crippen LogP contribution is 2.45. The molecule has 0 unspecified atom stereocenters. The van der Waals surface area contributed by atoms with Crippen LogP contribution in [-0.4, -0.2) is 15.0 Å². The molecule has 4 heteroatoms. The van der Waals surface area contributed by atoms with Crippen molar-refractivity contribution in [3.63, 3.8) is 0 Å². The van der Waals surface area contributed by atoms with Gasteiger partial charge in [-0.1, -0.05) is 176 Å². The second-order valence-corrected chi connectivity index (χ2v) is 15.5. The number of benzene rings is 10. The van der Waals surface area contributed by atoms with Gasteiger partial charge in [0.1, 0.15) is 11.2 Å². The summed E-state index contributed by atoms with van der Waals surface area (Å²) in [6.45, 7) is 0. The zero-order chi connectivity index (χ0) is 40.3. The number of hydrogen-bond donors (Lipinski definition) is 0. The highest BCUT2D eigenvalue weighted by Gasteiger charge is 2.22. The van der Waals surface area contributed by atoms with Gasteiger partial charge in [-0.25, -0.2) is 15.0 Å². The molecule has 0 saturated carbocycles. The topological polar surface area (TPSA) is 51.8 Å². The zero-order valence-electron chi connectivity index (χ0n) is 33.0. The third-order valence-corrected chi connectivity index (χ3v) is 11.9. The first kappa shape index (κ1) is 34.8. The Balaban J connectivity index is 1.10. The maximum absolute atomic E-state index is 7.04. The van der Waals surface area contributed by atoms with Crippen LogP contribution in [0.3, 0.4) is 0 Å². The van der Waals surface area contributed by atoms with Crippen LogP contribution in [0.4, 0.5) is 0 Å². The van der Waals surface area contributed by atoms with Crippen LogP contribution in [0, 0.1) is 0 Å². The Morgan fingerprint density at radius 1 is 0.246 bits per heavy atom. The standard InChI is InChI=1S/C57H35N3O/c1-4-17-36(18-5-1)40-31-41(37-19-6-2-7-20-37)33-42(32-40)56-58-55(38-21-8-3-9-22-38)59-57(60-56)49-30-16-29-48-52-35-51(46-27-14-15-28-47(46)54(52)61-53(48)49)50-34-39-23-10-11-24-43(39)44-25-12-13-26-45(44)50/h1-35H. The van der Waals surface area contributed by atoms with Crippen LogP contribution < -0.4 is 0 Å². The molecule has 12 rings (SSSR count). The molecule has 4 nitrogen and oxygen atoms in total. The lowest BCUT2D eigenvalue weighted by molar-refractivity contribution is 0.673. The highest BCUT2D eigenvalue weighted by atomic mass is 16.3. The van der Waals surface area contributed by atoms with E-state index in [1.807, 2.05) is 42.5 Å². The second kappa shape index (κ2) is 14.3. The van der Waals surface area contributed by atoms with Crippen molar-refractivity contribution < 1.29 is 4.42 Å². The SMILES string of the molecule is c1ccc(-c2cc(-c3ccccc3)cc(-c3nc(-c4ccccc4)nc(-c4cccc5c4oc4c6ccccc6c(-c6cc7ccccc7c7ccccc67)cc54)n3)c2)cc1. The number of fused-ring (bicyclic) bond motifs is 8. The molecule has 0 aliphatic heterocycles. The fourth-order valence-electron chi connectivity index (χ4n) is 8.99. The molecule has 0 fully saturated rings. The Hall–Kier alpha value is -8.21. The smallest absolute Gasteiger partial charge is 0.167 e. The fourth-order valence-corrected chi connectivity index (χ4v) is 8.99. The molecule has 2 aromatic heterocycles. The largest absolute Gasteiger partial charge is 0.455 e. The molecule has 0 saturated heterocycles. The Bertz CT molecular complexity index is 3580. The van der Waals surface area contributed by atoms with Crippen molar-refractivity contribution in [2.45, 2.75) is 0 Å². The summed E-state index contributed by atoms with van der Waals surface area (Å²) in [6.07, 6.45) is 0. The molecule has 2 heterocycles. The molecular formula is C57H35N3O. The van der Waals surface area contributed by atoms with Crippen molar-refractivity contribution in [1.82, 2.24) is 15.0 Å². The minimum atomic E-state index is 0.546. The maximum atomic E-state index is 7.04. The third kappa shape index (κ3) is 5.96. The van der Waals surface area contributed by atoms with Gasteiger partial charge >= 0.3 is 0 Å². The van der Waals surface area contributed by atoms with E-state index in [4.69, 9.17) is 19.4 Å². The summed E-state index contributed by atoms with van der Waals surface area (Å²) in [6, 6.07) is 74.6. The van der Waals surface area contributed by atoms with Gasteiger partial charge in [0, 0.05) is 27.3 Å². The third-order valence-electron chi connectivity index (χ3n) is 11.9. The van der Waals surface area contributed by atoms with E-state index < -0.39 is 0 Å². The normalized spacial score (nSPS) is 11.6. The summed E-state index contributed by atoms with van der Waals surface area (Å²) in [5, 5.41) is 9.17. The van der Waals surface area contributed by atoms with E-state index in [0.29, 0.717) is 17.5 Å². The van der Waals surface area contributed by atoms with Crippen LogP contribution in [0.25, 0.3) is 122 Å². The number of para-hydroxylation sites is 1. The van der Waals surface area contributed by atoms with Crippen LogP contribution in [-0.2, 0) is 0 Å². The lowest BCUT2D eigenvalue weighted by atomic mass is 9.89. The molecule has 0 spiro atoms. The Morgan fingerprint density at radius 2 is 0.705 bits per heavy atom. The van der Waals surface area contributed by atoms with E-state index in [-0.39, 0.29) is 0 Å². The summed E-state index contributed by atoms with van der Waals surface area (Å²) >= 11 is 0. The van der Waals surface area contributed by atoms with E-state index >= 15 is 0 Å². The molecule has 61 heavy (non-hydrogen) atoms. The Labute approximate surface area is 352 Å². The van der Waals surface area contributed by atoms with E-state index in [9.17, 15) is 0 Å². The highest BCUT2D eigenvalue weighted by molar-refractivity contribution is 6.23. The average Bonchev–Trinajstić information content (AvgIpc) is 3.73. The number of aromatic nitrogens is 3. The molecule has 0 aliphatic carbocycles. The summed E-state index contributed by atoms with van der Waals surface area (Å²) in [4.78, 5) is 15.7. The monoisotopic (exact) mass is 777 g/mol. The molecule has 10 aromatic carbocycles.